The third-order valence-electron chi connectivity index (χ3n) is 2.87. The van der Waals surface area contributed by atoms with Crippen LogP contribution in [0.2, 0.25) is 0 Å². The van der Waals surface area contributed by atoms with Crippen LogP contribution < -0.4 is 4.90 Å². The summed E-state index contributed by atoms with van der Waals surface area (Å²) in [5.74, 6) is 0. The Morgan fingerprint density at radius 3 is 2.50 bits per heavy atom. The molecule has 1 aromatic rings. The van der Waals surface area contributed by atoms with Gasteiger partial charge in [-0.05, 0) is 19.3 Å². The molecule has 0 saturated carbocycles. The van der Waals surface area contributed by atoms with Gasteiger partial charge in [-0.15, -0.1) is 11.3 Å². The summed E-state index contributed by atoms with van der Waals surface area (Å²) >= 11 is 1.68. The van der Waals surface area contributed by atoms with E-state index in [0.717, 1.165) is 30.1 Å². The van der Waals surface area contributed by atoms with Crippen LogP contribution in [0, 0.1) is 0 Å². The summed E-state index contributed by atoms with van der Waals surface area (Å²) in [7, 11) is 0. The third-order valence-corrected chi connectivity index (χ3v) is 3.80. The number of aliphatic hydroxyl groups is 1. The fourth-order valence-electron chi connectivity index (χ4n) is 1.86. The zero-order chi connectivity index (χ0) is 12.0. The molecule has 0 atom stereocenters. The van der Waals surface area contributed by atoms with E-state index in [9.17, 15) is 0 Å². The lowest BCUT2D eigenvalue weighted by molar-refractivity contribution is 0.296. The summed E-state index contributed by atoms with van der Waals surface area (Å²) in [6.45, 7) is 7.37. The van der Waals surface area contributed by atoms with Crippen LogP contribution >= 0.6 is 11.3 Å². The number of hydrogen-bond donors (Lipinski definition) is 1. The molecule has 0 aliphatic heterocycles. The van der Waals surface area contributed by atoms with Gasteiger partial charge < -0.3 is 10.0 Å². The molecule has 0 saturated heterocycles. The van der Waals surface area contributed by atoms with Gasteiger partial charge in [0.15, 0.2) is 5.13 Å². The van der Waals surface area contributed by atoms with Gasteiger partial charge in [0.2, 0.25) is 0 Å². The minimum Gasteiger partial charge on any atom is -0.395 e. The molecule has 0 aliphatic rings. The normalized spacial score (nSPS) is 11.1. The molecular weight excluding hydrogens is 220 g/mol. The average molecular weight is 242 g/mol. The molecular formula is C12H22N2OS. The van der Waals surface area contributed by atoms with Gasteiger partial charge in [0.1, 0.15) is 0 Å². The van der Waals surface area contributed by atoms with E-state index in [1.54, 1.807) is 11.3 Å². The third kappa shape index (κ3) is 3.19. The highest BCUT2D eigenvalue weighted by atomic mass is 32.1. The molecule has 0 radical (unpaired) electrons. The van der Waals surface area contributed by atoms with Crippen molar-refractivity contribution in [3.63, 3.8) is 0 Å². The maximum atomic E-state index is 9.14. The van der Waals surface area contributed by atoms with Crippen LogP contribution in [-0.4, -0.2) is 29.3 Å². The molecule has 16 heavy (non-hydrogen) atoms. The molecule has 0 unspecified atom stereocenters. The van der Waals surface area contributed by atoms with Crippen molar-refractivity contribution >= 4 is 16.5 Å². The minimum absolute atomic E-state index is 0.192. The van der Waals surface area contributed by atoms with E-state index in [-0.39, 0.29) is 6.61 Å². The van der Waals surface area contributed by atoms with Gasteiger partial charge in [-0.2, -0.15) is 0 Å². The predicted molar refractivity (Wildman–Crippen MR) is 70.3 cm³/mol. The van der Waals surface area contributed by atoms with Gasteiger partial charge in [0.25, 0.3) is 0 Å². The number of rotatable bonds is 7. The number of nitrogens with zero attached hydrogens (tertiary/aromatic N) is 2. The quantitative estimate of drug-likeness (QED) is 0.798. The Morgan fingerprint density at radius 2 is 2.06 bits per heavy atom. The average Bonchev–Trinajstić information content (AvgIpc) is 2.77. The molecule has 92 valence electrons. The summed E-state index contributed by atoms with van der Waals surface area (Å²) in [5.41, 5.74) is 1.15. The zero-order valence-electron chi connectivity index (χ0n) is 10.4. The second-order valence-electron chi connectivity index (χ2n) is 3.86. The van der Waals surface area contributed by atoms with Gasteiger partial charge in [0.05, 0.1) is 12.3 Å². The first-order valence-corrected chi connectivity index (χ1v) is 6.96. The van der Waals surface area contributed by atoms with Crippen LogP contribution in [0.15, 0.2) is 5.38 Å². The Balaban J connectivity index is 2.82. The summed E-state index contributed by atoms with van der Waals surface area (Å²) in [6.07, 6.45) is 3.17. The lowest BCUT2D eigenvalue weighted by Crippen LogP contribution is -2.36. The largest absolute Gasteiger partial charge is 0.395 e. The number of aromatic nitrogens is 1. The summed E-state index contributed by atoms with van der Waals surface area (Å²) < 4.78 is 0. The SMILES string of the molecule is CCc1csc(N(CCO)C(CC)CC)n1. The predicted octanol–water partition coefficient (Wildman–Crippen LogP) is 2.69. The second-order valence-corrected chi connectivity index (χ2v) is 4.70. The van der Waals surface area contributed by atoms with Crippen molar-refractivity contribution in [2.75, 3.05) is 18.1 Å². The van der Waals surface area contributed by atoms with Crippen molar-refractivity contribution in [1.82, 2.24) is 4.98 Å². The highest BCUT2D eigenvalue weighted by Crippen LogP contribution is 2.24. The highest BCUT2D eigenvalue weighted by molar-refractivity contribution is 7.13. The standard InChI is InChI=1S/C12H22N2OS/c1-4-10-9-16-12(13-10)14(7-8-15)11(5-2)6-3/h9,11,15H,4-8H2,1-3H3. The zero-order valence-corrected chi connectivity index (χ0v) is 11.3. The molecule has 0 spiro atoms. The lowest BCUT2D eigenvalue weighted by Gasteiger charge is -2.29. The van der Waals surface area contributed by atoms with Gasteiger partial charge in [-0.3, -0.25) is 0 Å². The fourth-order valence-corrected chi connectivity index (χ4v) is 2.87. The van der Waals surface area contributed by atoms with E-state index in [0.29, 0.717) is 12.6 Å². The smallest absolute Gasteiger partial charge is 0.185 e. The summed E-state index contributed by atoms with van der Waals surface area (Å²) in [6, 6.07) is 0.489. The molecule has 0 bridgehead atoms. The van der Waals surface area contributed by atoms with E-state index in [4.69, 9.17) is 5.11 Å². The Morgan fingerprint density at radius 1 is 1.38 bits per heavy atom. The Labute approximate surface area is 102 Å². The maximum absolute atomic E-state index is 9.14. The minimum atomic E-state index is 0.192. The van der Waals surface area contributed by atoms with Crippen molar-refractivity contribution in [3.8, 4) is 0 Å². The molecule has 0 fully saturated rings. The highest BCUT2D eigenvalue weighted by Gasteiger charge is 2.17. The van der Waals surface area contributed by atoms with Crippen LogP contribution in [0.1, 0.15) is 39.3 Å². The molecule has 1 heterocycles. The second kappa shape index (κ2) is 6.86. The molecule has 0 amide bonds. The first-order chi connectivity index (χ1) is 7.76. The number of hydrogen-bond acceptors (Lipinski definition) is 4. The fraction of sp³-hybridized carbons (Fsp3) is 0.750. The van der Waals surface area contributed by atoms with Crippen molar-refractivity contribution in [1.29, 1.82) is 0 Å². The molecule has 3 nitrogen and oxygen atoms in total. The van der Waals surface area contributed by atoms with Crippen LogP contribution in [-0.2, 0) is 6.42 Å². The number of thiazole rings is 1. The van der Waals surface area contributed by atoms with Gasteiger partial charge in [-0.25, -0.2) is 4.98 Å². The number of aryl methyl sites for hydroxylation is 1. The Bertz CT molecular complexity index is 297. The Kier molecular flexibility index (Phi) is 5.77. The van der Waals surface area contributed by atoms with E-state index in [2.05, 4.69) is 36.0 Å². The Hall–Kier alpha value is -0.610. The van der Waals surface area contributed by atoms with Crippen molar-refractivity contribution in [2.24, 2.45) is 0 Å². The van der Waals surface area contributed by atoms with Gasteiger partial charge in [0, 0.05) is 18.0 Å². The first kappa shape index (κ1) is 13.5. The van der Waals surface area contributed by atoms with Crippen LogP contribution in [0.4, 0.5) is 5.13 Å². The van der Waals surface area contributed by atoms with E-state index in [1.807, 2.05) is 0 Å². The van der Waals surface area contributed by atoms with Crippen LogP contribution in [0.3, 0.4) is 0 Å². The molecule has 1 aromatic heterocycles. The summed E-state index contributed by atoms with van der Waals surface area (Å²) in [5, 5.41) is 12.3. The topological polar surface area (TPSA) is 36.4 Å². The van der Waals surface area contributed by atoms with E-state index < -0.39 is 0 Å². The lowest BCUT2D eigenvalue weighted by atomic mass is 10.1. The first-order valence-electron chi connectivity index (χ1n) is 6.08. The molecule has 0 aliphatic carbocycles. The van der Waals surface area contributed by atoms with Crippen molar-refractivity contribution < 1.29 is 5.11 Å². The molecule has 1 rings (SSSR count). The van der Waals surface area contributed by atoms with Gasteiger partial charge in [-0.1, -0.05) is 20.8 Å². The van der Waals surface area contributed by atoms with Gasteiger partial charge >= 0.3 is 0 Å². The van der Waals surface area contributed by atoms with E-state index in [1.165, 1.54) is 0 Å². The molecule has 4 heteroatoms. The monoisotopic (exact) mass is 242 g/mol. The van der Waals surface area contributed by atoms with Crippen LogP contribution in [0.25, 0.3) is 0 Å². The van der Waals surface area contributed by atoms with E-state index >= 15 is 0 Å². The van der Waals surface area contributed by atoms with Crippen molar-refractivity contribution in [2.45, 2.75) is 46.1 Å². The number of aliphatic hydroxyl groups excluding tert-OH is 1. The van der Waals surface area contributed by atoms with Crippen molar-refractivity contribution in [3.05, 3.63) is 11.1 Å². The molecule has 1 N–H and O–H groups in total. The maximum Gasteiger partial charge on any atom is 0.185 e. The number of anilines is 1. The molecule has 0 aromatic carbocycles. The summed E-state index contributed by atoms with van der Waals surface area (Å²) in [4.78, 5) is 6.84. The van der Waals surface area contributed by atoms with Crippen LogP contribution in [0.5, 0.6) is 0 Å².